The SMILES string of the molecule is CNC(=O)CCNC(=O)N1CCc2cc(C(=O)O)ccc21. The number of benzene rings is 1. The highest BCUT2D eigenvalue weighted by atomic mass is 16.4. The number of fused-ring (bicyclic) bond motifs is 1. The molecule has 1 aliphatic rings. The number of hydrogen-bond donors (Lipinski definition) is 3. The van der Waals surface area contributed by atoms with Gasteiger partial charge in [-0.2, -0.15) is 0 Å². The molecule has 7 nitrogen and oxygen atoms in total. The van der Waals surface area contributed by atoms with Crippen LogP contribution in [0.15, 0.2) is 18.2 Å². The highest BCUT2D eigenvalue weighted by molar-refractivity contribution is 5.96. The first-order valence-electron chi connectivity index (χ1n) is 6.65. The van der Waals surface area contributed by atoms with Crippen LogP contribution in [0, 0.1) is 0 Å². The quantitative estimate of drug-likeness (QED) is 0.756. The maximum atomic E-state index is 12.1. The number of rotatable bonds is 4. The van der Waals surface area contributed by atoms with E-state index in [0.717, 1.165) is 11.3 Å². The first-order valence-corrected chi connectivity index (χ1v) is 6.65. The van der Waals surface area contributed by atoms with Gasteiger partial charge in [0.25, 0.3) is 0 Å². The molecule has 0 spiro atoms. The number of aromatic carboxylic acids is 1. The fraction of sp³-hybridized carbons (Fsp3) is 0.357. The minimum Gasteiger partial charge on any atom is -0.478 e. The van der Waals surface area contributed by atoms with Crippen LogP contribution in [0.2, 0.25) is 0 Å². The standard InChI is InChI=1S/C14H17N3O4/c1-15-12(18)4-6-16-14(21)17-7-5-9-8-10(13(19)20)2-3-11(9)17/h2-3,8H,4-7H2,1H3,(H,15,18)(H,16,21)(H,19,20). The Morgan fingerprint density at radius 2 is 2.10 bits per heavy atom. The van der Waals surface area contributed by atoms with Crippen LogP contribution < -0.4 is 15.5 Å². The number of amides is 3. The number of nitrogens with zero attached hydrogens (tertiary/aromatic N) is 1. The minimum absolute atomic E-state index is 0.136. The maximum Gasteiger partial charge on any atom is 0.335 e. The highest BCUT2D eigenvalue weighted by Crippen LogP contribution is 2.28. The third kappa shape index (κ3) is 3.31. The molecule has 0 aromatic heterocycles. The molecule has 0 aliphatic carbocycles. The molecule has 1 aromatic carbocycles. The Morgan fingerprint density at radius 1 is 1.33 bits per heavy atom. The number of carboxylic acids is 1. The summed E-state index contributed by atoms with van der Waals surface area (Å²) in [5.74, 6) is -1.12. The van der Waals surface area contributed by atoms with Crippen LogP contribution in [-0.4, -0.2) is 43.2 Å². The van der Waals surface area contributed by atoms with Gasteiger partial charge in [0.1, 0.15) is 0 Å². The fourth-order valence-corrected chi connectivity index (χ4v) is 2.25. The molecule has 3 N–H and O–H groups in total. The molecule has 2 rings (SSSR count). The molecule has 112 valence electrons. The van der Waals surface area contributed by atoms with Crippen molar-refractivity contribution in [2.24, 2.45) is 0 Å². The molecular weight excluding hydrogens is 274 g/mol. The van der Waals surface area contributed by atoms with Crippen molar-refractivity contribution in [3.05, 3.63) is 29.3 Å². The molecule has 0 radical (unpaired) electrons. The van der Waals surface area contributed by atoms with Crippen LogP contribution in [0.5, 0.6) is 0 Å². The molecular formula is C14H17N3O4. The van der Waals surface area contributed by atoms with Crippen LogP contribution >= 0.6 is 0 Å². The number of carbonyl (C=O) groups is 3. The topological polar surface area (TPSA) is 98.7 Å². The largest absolute Gasteiger partial charge is 0.478 e. The highest BCUT2D eigenvalue weighted by Gasteiger charge is 2.25. The van der Waals surface area contributed by atoms with E-state index >= 15 is 0 Å². The molecule has 0 fully saturated rings. The number of nitrogens with one attached hydrogen (secondary N) is 2. The minimum atomic E-state index is -0.980. The molecule has 1 aliphatic heterocycles. The van der Waals surface area contributed by atoms with E-state index < -0.39 is 5.97 Å². The predicted octanol–water partition coefficient (Wildman–Crippen LogP) is 0.593. The average molecular weight is 291 g/mol. The van der Waals surface area contributed by atoms with Gasteiger partial charge in [0.2, 0.25) is 5.91 Å². The van der Waals surface area contributed by atoms with Crippen molar-refractivity contribution in [1.82, 2.24) is 10.6 Å². The zero-order valence-electron chi connectivity index (χ0n) is 11.7. The van der Waals surface area contributed by atoms with E-state index in [2.05, 4.69) is 10.6 Å². The summed E-state index contributed by atoms with van der Waals surface area (Å²) in [7, 11) is 1.54. The van der Waals surface area contributed by atoms with E-state index in [0.29, 0.717) is 13.0 Å². The second-order valence-corrected chi connectivity index (χ2v) is 4.71. The summed E-state index contributed by atoms with van der Waals surface area (Å²) in [5.41, 5.74) is 1.78. The smallest absolute Gasteiger partial charge is 0.335 e. The molecule has 1 heterocycles. The van der Waals surface area contributed by atoms with Crippen molar-refractivity contribution < 1.29 is 19.5 Å². The normalized spacial score (nSPS) is 12.7. The lowest BCUT2D eigenvalue weighted by Gasteiger charge is -2.18. The Bertz CT molecular complexity index is 586. The van der Waals surface area contributed by atoms with E-state index in [4.69, 9.17) is 5.11 Å². The van der Waals surface area contributed by atoms with Crippen molar-refractivity contribution in [2.45, 2.75) is 12.8 Å². The van der Waals surface area contributed by atoms with Gasteiger partial charge in [-0.3, -0.25) is 9.69 Å². The zero-order valence-corrected chi connectivity index (χ0v) is 11.7. The van der Waals surface area contributed by atoms with E-state index in [1.807, 2.05) is 0 Å². The first kappa shape index (κ1) is 14.8. The van der Waals surface area contributed by atoms with Crippen molar-refractivity contribution in [1.29, 1.82) is 0 Å². The summed E-state index contributed by atoms with van der Waals surface area (Å²) in [5, 5.41) is 14.1. The van der Waals surface area contributed by atoms with Crippen LogP contribution in [0.3, 0.4) is 0 Å². The van der Waals surface area contributed by atoms with E-state index in [9.17, 15) is 14.4 Å². The Balaban J connectivity index is 2.00. The third-order valence-electron chi connectivity index (χ3n) is 3.37. The Hall–Kier alpha value is -2.57. The van der Waals surface area contributed by atoms with Crippen LogP contribution in [0.4, 0.5) is 10.5 Å². The van der Waals surface area contributed by atoms with Gasteiger partial charge in [-0.05, 0) is 30.2 Å². The Kier molecular flexibility index (Phi) is 4.42. The summed E-state index contributed by atoms with van der Waals surface area (Å²) in [6.07, 6.45) is 0.847. The first-order chi connectivity index (χ1) is 10.0. The lowest BCUT2D eigenvalue weighted by molar-refractivity contribution is -0.120. The summed E-state index contributed by atoms with van der Waals surface area (Å²) in [6.45, 7) is 0.766. The van der Waals surface area contributed by atoms with E-state index in [1.165, 1.54) is 6.07 Å². The summed E-state index contributed by atoms with van der Waals surface area (Å²) >= 11 is 0. The second kappa shape index (κ2) is 6.25. The van der Waals surface area contributed by atoms with Crippen molar-refractivity contribution in [3.63, 3.8) is 0 Å². The molecule has 3 amide bonds. The molecule has 0 saturated carbocycles. The van der Waals surface area contributed by atoms with E-state index in [1.54, 1.807) is 24.1 Å². The van der Waals surface area contributed by atoms with Gasteiger partial charge in [0, 0.05) is 32.2 Å². The summed E-state index contributed by atoms with van der Waals surface area (Å²) in [6, 6.07) is 4.44. The lowest BCUT2D eigenvalue weighted by Crippen LogP contribution is -2.40. The molecule has 0 saturated heterocycles. The van der Waals surface area contributed by atoms with Gasteiger partial charge < -0.3 is 15.7 Å². The van der Waals surface area contributed by atoms with Gasteiger partial charge in [0.05, 0.1) is 5.56 Å². The zero-order chi connectivity index (χ0) is 15.4. The second-order valence-electron chi connectivity index (χ2n) is 4.71. The van der Waals surface area contributed by atoms with Gasteiger partial charge in [-0.15, -0.1) is 0 Å². The molecule has 0 unspecified atom stereocenters. The summed E-state index contributed by atoms with van der Waals surface area (Å²) < 4.78 is 0. The van der Waals surface area contributed by atoms with E-state index in [-0.39, 0.29) is 30.5 Å². The number of anilines is 1. The Labute approximate surface area is 121 Å². The van der Waals surface area contributed by atoms with Crippen LogP contribution in [0.25, 0.3) is 0 Å². The molecule has 1 aromatic rings. The van der Waals surface area contributed by atoms with Crippen molar-refractivity contribution in [3.8, 4) is 0 Å². The monoisotopic (exact) mass is 291 g/mol. The van der Waals surface area contributed by atoms with Gasteiger partial charge in [0.15, 0.2) is 0 Å². The maximum absolute atomic E-state index is 12.1. The summed E-state index contributed by atoms with van der Waals surface area (Å²) in [4.78, 5) is 35.6. The van der Waals surface area contributed by atoms with Crippen molar-refractivity contribution >= 4 is 23.6 Å². The van der Waals surface area contributed by atoms with Crippen LogP contribution in [0.1, 0.15) is 22.3 Å². The van der Waals surface area contributed by atoms with Gasteiger partial charge in [-0.25, -0.2) is 9.59 Å². The number of urea groups is 1. The van der Waals surface area contributed by atoms with Gasteiger partial charge >= 0.3 is 12.0 Å². The average Bonchev–Trinajstić information content (AvgIpc) is 2.89. The molecule has 7 heteroatoms. The Morgan fingerprint density at radius 3 is 2.76 bits per heavy atom. The predicted molar refractivity (Wildman–Crippen MR) is 76.5 cm³/mol. The molecule has 21 heavy (non-hydrogen) atoms. The third-order valence-corrected chi connectivity index (χ3v) is 3.37. The van der Waals surface area contributed by atoms with Crippen LogP contribution in [-0.2, 0) is 11.2 Å². The number of hydrogen-bond acceptors (Lipinski definition) is 3. The molecule has 0 bridgehead atoms. The fourth-order valence-electron chi connectivity index (χ4n) is 2.25. The van der Waals surface area contributed by atoms with Crippen molar-refractivity contribution in [2.75, 3.05) is 25.0 Å². The number of carbonyl (C=O) groups excluding carboxylic acids is 2. The lowest BCUT2D eigenvalue weighted by atomic mass is 10.1. The molecule has 0 atom stereocenters. The number of carboxylic acid groups (broad SMARTS) is 1. The van der Waals surface area contributed by atoms with Gasteiger partial charge in [-0.1, -0.05) is 0 Å².